The molecule has 0 nitrogen and oxygen atoms in total. The normalized spacial score (nSPS) is 16.3. The number of terminal acetylenes is 1. The Kier molecular flexibility index (Phi) is 3.88. The number of rotatable bonds is 0. The van der Waals surface area contributed by atoms with Crippen molar-refractivity contribution < 1.29 is 0 Å². The summed E-state index contributed by atoms with van der Waals surface area (Å²) in [7, 11) is 0. The van der Waals surface area contributed by atoms with Gasteiger partial charge < -0.3 is 0 Å². The van der Waals surface area contributed by atoms with Crippen LogP contribution in [0.1, 0.15) is 31.9 Å². The van der Waals surface area contributed by atoms with Crippen molar-refractivity contribution in [1.82, 2.24) is 0 Å². The number of hydrogen-bond acceptors (Lipinski definition) is 0. The molecule has 0 bridgehead atoms. The molecule has 0 heterocycles. The van der Waals surface area contributed by atoms with Crippen LogP contribution in [0.2, 0.25) is 0 Å². The van der Waals surface area contributed by atoms with Gasteiger partial charge in [0.15, 0.2) is 0 Å². The molecule has 0 saturated heterocycles. The summed E-state index contributed by atoms with van der Waals surface area (Å²) < 4.78 is 0. The Morgan fingerprint density at radius 3 is 2.05 bits per heavy atom. The SMILES string of the molecule is C#C/C=C1\C(=C/C)c2cccc3cccc1c23.CC. The predicted molar refractivity (Wildman–Crippen MR) is 85.8 cm³/mol. The van der Waals surface area contributed by atoms with Gasteiger partial charge in [-0.2, -0.15) is 0 Å². The number of hydrogen-bond donors (Lipinski definition) is 0. The molecule has 1 aliphatic carbocycles. The van der Waals surface area contributed by atoms with Gasteiger partial charge in [0.05, 0.1) is 0 Å². The molecule has 0 saturated carbocycles. The molecule has 0 atom stereocenters. The Morgan fingerprint density at radius 1 is 0.947 bits per heavy atom. The molecule has 0 amide bonds. The van der Waals surface area contributed by atoms with E-state index < -0.39 is 0 Å². The van der Waals surface area contributed by atoms with Gasteiger partial charge in [-0.3, -0.25) is 0 Å². The average Bonchev–Trinajstić information content (AvgIpc) is 2.78. The Labute approximate surface area is 115 Å². The van der Waals surface area contributed by atoms with Crippen LogP contribution in [0.4, 0.5) is 0 Å². The van der Waals surface area contributed by atoms with E-state index in [0.29, 0.717) is 0 Å². The number of benzene rings is 2. The molecule has 1 aliphatic rings. The predicted octanol–water partition coefficient (Wildman–Crippen LogP) is 5.30. The van der Waals surface area contributed by atoms with E-state index in [4.69, 9.17) is 6.42 Å². The summed E-state index contributed by atoms with van der Waals surface area (Å²) in [5.74, 6) is 2.65. The second-order valence-electron chi connectivity index (χ2n) is 4.14. The van der Waals surface area contributed by atoms with Crippen LogP contribution in [0.5, 0.6) is 0 Å². The molecule has 0 fully saturated rings. The molecule has 3 rings (SSSR count). The fourth-order valence-corrected chi connectivity index (χ4v) is 2.63. The van der Waals surface area contributed by atoms with E-state index in [1.807, 2.05) is 19.9 Å². The zero-order chi connectivity index (χ0) is 13.8. The highest BCUT2D eigenvalue weighted by atomic mass is 14.2. The van der Waals surface area contributed by atoms with E-state index in [2.05, 4.69) is 55.3 Å². The van der Waals surface area contributed by atoms with Crippen LogP contribution in [0.15, 0.2) is 48.6 Å². The summed E-state index contributed by atoms with van der Waals surface area (Å²) in [6.45, 7) is 6.06. The molecular weight excluding hydrogens is 228 g/mol. The van der Waals surface area contributed by atoms with Gasteiger partial charge >= 0.3 is 0 Å². The lowest BCUT2D eigenvalue weighted by Crippen LogP contribution is -1.78. The Balaban J connectivity index is 0.000000637. The van der Waals surface area contributed by atoms with Crippen LogP contribution in [-0.2, 0) is 0 Å². The summed E-state index contributed by atoms with van der Waals surface area (Å²) in [6.07, 6.45) is 9.44. The minimum absolute atomic E-state index is 1.17. The Morgan fingerprint density at radius 2 is 1.53 bits per heavy atom. The van der Waals surface area contributed by atoms with E-state index in [0.717, 1.165) is 0 Å². The highest BCUT2D eigenvalue weighted by molar-refractivity contribution is 6.22. The lowest BCUT2D eigenvalue weighted by Gasteiger charge is -2.00. The summed E-state index contributed by atoms with van der Waals surface area (Å²) in [6, 6.07) is 12.8. The topological polar surface area (TPSA) is 0 Å². The molecule has 0 spiro atoms. The zero-order valence-electron chi connectivity index (χ0n) is 11.7. The maximum Gasteiger partial charge on any atom is -0.00185 e. The second-order valence-corrected chi connectivity index (χ2v) is 4.14. The first-order chi connectivity index (χ1) is 9.36. The molecule has 2 aromatic rings. The quantitative estimate of drug-likeness (QED) is 0.553. The number of allylic oxidation sites excluding steroid dienone is 4. The summed E-state index contributed by atoms with van der Waals surface area (Å²) in [5, 5.41) is 2.60. The smallest absolute Gasteiger partial charge is 0.00185 e. The minimum atomic E-state index is 1.17. The zero-order valence-corrected chi connectivity index (χ0v) is 11.7. The third-order valence-corrected chi connectivity index (χ3v) is 3.29. The van der Waals surface area contributed by atoms with Gasteiger partial charge in [-0.25, -0.2) is 0 Å². The highest BCUT2D eigenvalue weighted by Gasteiger charge is 2.22. The summed E-state index contributed by atoms with van der Waals surface area (Å²) in [4.78, 5) is 0. The van der Waals surface area contributed by atoms with Crippen LogP contribution in [-0.4, -0.2) is 0 Å². The molecule has 0 aromatic heterocycles. The van der Waals surface area contributed by atoms with Gasteiger partial charge in [-0.05, 0) is 46.0 Å². The third-order valence-electron chi connectivity index (χ3n) is 3.29. The first kappa shape index (κ1) is 13.2. The van der Waals surface area contributed by atoms with E-state index in [1.165, 1.54) is 33.0 Å². The molecule has 19 heavy (non-hydrogen) atoms. The van der Waals surface area contributed by atoms with E-state index in [-0.39, 0.29) is 0 Å². The molecule has 0 aliphatic heterocycles. The molecule has 2 aromatic carbocycles. The van der Waals surface area contributed by atoms with Gasteiger partial charge in [0.1, 0.15) is 0 Å². The molecule has 94 valence electrons. The van der Waals surface area contributed by atoms with Crippen molar-refractivity contribution >= 4 is 21.9 Å². The molecule has 0 heteroatoms. The van der Waals surface area contributed by atoms with Crippen LogP contribution in [0.3, 0.4) is 0 Å². The Hall–Kier alpha value is -2.26. The molecular formula is C19H18. The minimum Gasteiger partial charge on any atom is -0.115 e. The lowest BCUT2D eigenvalue weighted by molar-refractivity contribution is 1.50. The largest absolute Gasteiger partial charge is 0.115 e. The van der Waals surface area contributed by atoms with Crippen molar-refractivity contribution in [3.8, 4) is 12.3 Å². The van der Waals surface area contributed by atoms with Gasteiger partial charge in [0, 0.05) is 0 Å². The standard InChI is InChI=1S/C17H12.C2H6/c1-3-7-14-13(4-2)15-10-5-8-12-9-6-11-16(14)17(12)15;1-2/h1,4-11H,2H3;1-2H3/b13-4+,14-7+;. The van der Waals surface area contributed by atoms with Crippen LogP contribution < -0.4 is 0 Å². The van der Waals surface area contributed by atoms with Crippen molar-refractivity contribution in [3.05, 3.63) is 59.7 Å². The lowest BCUT2D eigenvalue weighted by atomic mass is 10.0. The monoisotopic (exact) mass is 246 g/mol. The first-order valence-corrected chi connectivity index (χ1v) is 6.72. The van der Waals surface area contributed by atoms with Crippen LogP contribution >= 0.6 is 0 Å². The maximum absolute atomic E-state index is 5.43. The van der Waals surface area contributed by atoms with Crippen molar-refractivity contribution in [1.29, 1.82) is 0 Å². The summed E-state index contributed by atoms with van der Waals surface area (Å²) in [5.41, 5.74) is 4.96. The summed E-state index contributed by atoms with van der Waals surface area (Å²) >= 11 is 0. The van der Waals surface area contributed by atoms with Gasteiger partial charge in [-0.1, -0.05) is 62.2 Å². The van der Waals surface area contributed by atoms with E-state index in [1.54, 1.807) is 0 Å². The maximum atomic E-state index is 5.43. The van der Waals surface area contributed by atoms with Crippen molar-refractivity contribution in [2.75, 3.05) is 0 Å². The van der Waals surface area contributed by atoms with Gasteiger partial charge in [0.25, 0.3) is 0 Å². The molecule has 0 N–H and O–H groups in total. The second kappa shape index (κ2) is 5.59. The van der Waals surface area contributed by atoms with Crippen molar-refractivity contribution in [2.24, 2.45) is 0 Å². The third kappa shape index (κ3) is 1.98. The van der Waals surface area contributed by atoms with E-state index in [9.17, 15) is 0 Å². The fraction of sp³-hybridized carbons (Fsp3) is 0.158. The van der Waals surface area contributed by atoms with Crippen LogP contribution in [0.25, 0.3) is 21.9 Å². The van der Waals surface area contributed by atoms with E-state index >= 15 is 0 Å². The van der Waals surface area contributed by atoms with Gasteiger partial charge in [0.2, 0.25) is 0 Å². The Bertz CT molecular complexity index is 701. The average molecular weight is 246 g/mol. The van der Waals surface area contributed by atoms with Crippen LogP contribution in [0, 0.1) is 12.3 Å². The van der Waals surface area contributed by atoms with Gasteiger partial charge in [-0.15, -0.1) is 6.42 Å². The molecule has 0 radical (unpaired) electrons. The highest BCUT2D eigenvalue weighted by Crippen LogP contribution is 2.45. The fourth-order valence-electron chi connectivity index (χ4n) is 2.63. The first-order valence-electron chi connectivity index (χ1n) is 6.72. The van der Waals surface area contributed by atoms with Crippen molar-refractivity contribution in [2.45, 2.75) is 20.8 Å². The van der Waals surface area contributed by atoms with Crippen molar-refractivity contribution in [3.63, 3.8) is 0 Å². The molecule has 0 unspecified atom stereocenters.